The topological polar surface area (TPSA) is 101 Å². The SMILES string of the molecule is CC(C)(C)Nc1c([N+](=O)[O-])c2nnnn2c2ccccc12.CCN(CC)CC. The number of anilines is 1. The molecule has 0 aliphatic carbocycles. The number of hydrogen-bond donors (Lipinski definition) is 1. The molecule has 2 heterocycles. The van der Waals surface area contributed by atoms with Crippen LogP contribution in [-0.4, -0.2) is 55.0 Å². The van der Waals surface area contributed by atoms with E-state index in [1.54, 1.807) is 0 Å². The average Bonchev–Trinajstić information content (AvgIpc) is 3.12. The van der Waals surface area contributed by atoms with Gasteiger partial charge >= 0.3 is 5.69 Å². The Kier molecular flexibility index (Phi) is 6.85. The minimum absolute atomic E-state index is 0.117. The van der Waals surface area contributed by atoms with Crippen LogP contribution in [0.15, 0.2) is 24.3 Å². The fraction of sp³-hybridized carbons (Fsp3) is 0.526. The number of rotatable bonds is 5. The molecule has 1 N–H and O–H groups in total. The van der Waals surface area contributed by atoms with Crippen molar-refractivity contribution >= 4 is 27.9 Å². The zero-order chi connectivity index (χ0) is 20.9. The van der Waals surface area contributed by atoms with Gasteiger partial charge in [-0.25, -0.2) is 0 Å². The molecule has 0 aliphatic rings. The van der Waals surface area contributed by atoms with Crippen molar-refractivity contribution in [3.05, 3.63) is 34.4 Å². The molecule has 0 saturated heterocycles. The van der Waals surface area contributed by atoms with Crippen molar-refractivity contribution < 1.29 is 4.92 Å². The van der Waals surface area contributed by atoms with Gasteiger partial charge < -0.3 is 10.2 Å². The van der Waals surface area contributed by atoms with E-state index in [4.69, 9.17) is 0 Å². The Morgan fingerprint density at radius 2 is 1.75 bits per heavy atom. The Morgan fingerprint density at radius 1 is 1.14 bits per heavy atom. The number of nitro groups is 1. The van der Waals surface area contributed by atoms with Gasteiger partial charge in [-0.05, 0) is 56.9 Å². The number of benzene rings is 1. The molecule has 0 spiro atoms. The van der Waals surface area contributed by atoms with Crippen LogP contribution in [0.25, 0.3) is 16.6 Å². The summed E-state index contributed by atoms with van der Waals surface area (Å²) in [6, 6.07) is 7.32. The summed E-state index contributed by atoms with van der Waals surface area (Å²) in [7, 11) is 0. The Hall–Kier alpha value is -2.81. The van der Waals surface area contributed by atoms with Gasteiger partial charge in [-0.15, -0.1) is 5.10 Å². The van der Waals surface area contributed by atoms with Gasteiger partial charge in [0, 0.05) is 10.9 Å². The van der Waals surface area contributed by atoms with Gasteiger partial charge in [0.15, 0.2) is 0 Å². The quantitative estimate of drug-likeness (QED) is 0.525. The van der Waals surface area contributed by atoms with Crippen LogP contribution in [0.1, 0.15) is 41.5 Å². The van der Waals surface area contributed by atoms with E-state index >= 15 is 0 Å². The number of hydrogen-bond acceptors (Lipinski definition) is 7. The summed E-state index contributed by atoms with van der Waals surface area (Å²) in [5, 5.41) is 26.6. The molecule has 0 radical (unpaired) electrons. The lowest BCUT2D eigenvalue weighted by atomic mass is 10.1. The fourth-order valence-corrected chi connectivity index (χ4v) is 2.95. The van der Waals surface area contributed by atoms with Gasteiger partial charge in [0.25, 0.3) is 5.65 Å². The molecule has 3 rings (SSSR count). The molecule has 0 aliphatic heterocycles. The molecule has 0 saturated carbocycles. The third kappa shape index (κ3) is 4.72. The second-order valence-electron chi connectivity index (χ2n) is 7.41. The molecule has 0 atom stereocenters. The Morgan fingerprint density at radius 3 is 2.25 bits per heavy atom. The second kappa shape index (κ2) is 8.92. The number of tetrazole rings is 1. The normalized spacial score (nSPS) is 11.5. The first-order chi connectivity index (χ1) is 13.2. The number of nitrogens with zero attached hydrogens (tertiary/aromatic N) is 6. The number of fused-ring (bicyclic) bond motifs is 3. The van der Waals surface area contributed by atoms with Crippen LogP contribution >= 0.6 is 0 Å². The molecule has 3 aromatic rings. The highest BCUT2D eigenvalue weighted by atomic mass is 16.6. The summed E-state index contributed by atoms with van der Waals surface area (Å²) in [5.74, 6) is 0. The summed E-state index contributed by atoms with van der Waals surface area (Å²) in [6.45, 7) is 16.0. The second-order valence-corrected chi connectivity index (χ2v) is 7.41. The fourth-order valence-electron chi connectivity index (χ4n) is 2.95. The molecular weight excluding hydrogens is 358 g/mol. The number of para-hydroxylation sites is 1. The maximum atomic E-state index is 11.5. The molecule has 152 valence electrons. The van der Waals surface area contributed by atoms with Crippen molar-refractivity contribution in [1.29, 1.82) is 0 Å². The average molecular weight is 387 g/mol. The summed E-state index contributed by atoms with van der Waals surface area (Å²) in [4.78, 5) is 13.4. The molecule has 28 heavy (non-hydrogen) atoms. The predicted octanol–water partition coefficient (Wildman–Crippen LogP) is 3.74. The number of pyridine rings is 1. The smallest absolute Gasteiger partial charge is 0.339 e. The van der Waals surface area contributed by atoms with E-state index < -0.39 is 4.92 Å². The monoisotopic (exact) mass is 387 g/mol. The molecule has 0 fully saturated rings. The van der Waals surface area contributed by atoms with Crippen LogP contribution in [-0.2, 0) is 0 Å². The summed E-state index contributed by atoms with van der Waals surface area (Å²) in [5.41, 5.74) is 0.832. The minimum Gasteiger partial charge on any atom is -0.374 e. The highest BCUT2D eigenvalue weighted by Crippen LogP contribution is 2.37. The van der Waals surface area contributed by atoms with E-state index in [0.717, 1.165) is 5.52 Å². The van der Waals surface area contributed by atoms with Crippen LogP contribution in [0.4, 0.5) is 11.4 Å². The molecule has 0 unspecified atom stereocenters. The predicted molar refractivity (Wildman–Crippen MR) is 112 cm³/mol. The summed E-state index contributed by atoms with van der Waals surface area (Å²) >= 11 is 0. The van der Waals surface area contributed by atoms with E-state index in [9.17, 15) is 10.1 Å². The zero-order valence-electron chi connectivity index (χ0n) is 17.4. The first-order valence-corrected chi connectivity index (χ1v) is 9.51. The lowest BCUT2D eigenvalue weighted by molar-refractivity contribution is -0.382. The van der Waals surface area contributed by atoms with Crippen molar-refractivity contribution in [2.75, 3.05) is 25.0 Å². The summed E-state index contributed by atoms with van der Waals surface area (Å²) < 4.78 is 1.39. The number of aromatic nitrogens is 4. The Labute approximate surface area is 164 Å². The van der Waals surface area contributed by atoms with Crippen LogP contribution in [0.5, 0.6) is 0 Å². The van der Waals surface area contributed by atoms with Gasteiger partial charge in [-0.1, -0.05) is 39.0 Å². The molecule has 2 aromatic heterocycles. The third-order valence-electron chi connectivity index (χ3n) is 4.34. The number of nitrogens with one attached hydrogen (secondary N) is 1. The lowest BCUT2D eigenvalue weighted by Gasteiger charge is -2.23. The Bertz CT molecular complexity index is 937. The van der Waals surface area contributed by atoms with Crippen LogP contribution in [0, 0.1) is 10.1 Å². The molecule has 9 nitrogen and oxygen atoms in total. The first-order valence-electron chi connectivity index (χ1n) is 9.51. The lowest BCUT2D eigenvalue weighted by Crippen LogP contribution is -2.27. The van der Waals surface area contributed by atoms with Crippen molar-refractivity contribution in [3.8, 4) is 0 Å². The maximum absolute atomic E-state index is 11.5. The summed E-state index contributed by atoms with van der Waals surface area (Å²) in [6.07, 6.45) is 0. The van der Waals surface area contributed by atoms with E-state index in [2.05, 4.69) is 46.5 Å². The van der Waals surface area contributed by atoms with Gasteiger partial charge in [0.2, 0.25) is 0 Å². The van der Waals surface area contributed by atoms with E-state index in [-0.39, 0.29) is 16.9 Å². The highest BCUT2D eigenvalue weighted by molar-refractivity contribution is 6.00. The van der Waals surface area contributed by atoms with Crippen molar-refractivity contribution in [3.63, 3.8) is 0 Å². The first kappa shape index (κ1) is 21.5. The largest absolute Gasteiger partial charge is 0.374 e. The molecule has 0 amide bonds. The highest BCUT2D eigenvalue weighted by Gasteiger charge is 2.28. The van der Waals surface area contributed by atoms with Gasteiger partial charge in [0.1, 0.15) is 5.69 Å². The Balaban J connectivity index is 0.000000345. The maximum Gasteiger partial charge on any atom is 0.339 e. The van der Waals surface area contributed by atoms with Gasteiger partial charge in [0.05, 0.1) is 10.4 Å². The van der Waals surface area contributed by atoms with Crippen LogP contribution in [0.3, 0.4) is 0 Å². The zero-order valence-corrected chi connectivity index (χ0v) is 17.4. The van der Waals surface area contributed by atoms with Crippen LogP contribution < -0.4 is 5.32 Å². The van der Waals surface area contributed by atoms with Crippen molar-refractivity contribution in [2.45, 2.75) is 47.1 Å². The van der Waals surface area contributed by atoms with E-state index in [0.29, 0.717) is 11.1 Å². The minimum atomic E-state index is -0.452. The van der Waals surface area contributed by atoms with Crippen molar-refractivity contribution in [1.82, 2.24) is 24.9 Å². The van der Waals surface area contributed by atoms with E-state index in [1.165, 1.54) is 24.1 Å². The van der Waals surface area contributed by atoms with Gasteiger partial charge in [-0.2, -0.15) is 4.52 Å². The standard InChI is InChI=1S/C13H14N6O2.C6H15N/c1-13(2,3)14-10-8-6-4-5-7-9(8)18-12(15-16-17-18)11(10)19(20)21;1-4-7(5-2)6-3/h4-7,14H,1-3H3;4-6H2,1-3H3. The molecule has 0 bridgehead atoms. The van der Waals surface area contributed by atoms with E-state index in [1.807, 2.05) is 45.0 Å². The van der Waals surface area contributed by atoms with Gasteiger partial charge in [-0.3, -0.25) is 10.1 Å². The third-order valence-corrected chi connectivity index (χ3v) is 4.34. The molecule has 1 aromatic carbocycles. The molecular formula is C19H29N7O2. The van der Waals surface area contributed by atoms with Crippen LogP contribution in [0.2, 0.25) is 0 Å². The van der Waals surface area contributed by atoms with Crippen molar-refractivity contribution in [2.24, 2.45) is 0 Å². The molecule has 9 heteroatoms.